The van der Waals surface area contributed by atoms with Crippen molar-refractivity contribution in [2.45, 2.75) is 77.6 Å². The first kappa shape index (κ1) is 26.2. The zero-order chi connectivity index (χ0) is 22.9. The standard InChI is InChI=1S/C25H38N4O2/c1-2-3-4-5-6-7-10-20(15-21-12-9-13-22(16-21)18-26)11-8-14-23(17-24(30)31)19-29-25(27)28/h9,12-13,16-17,20H,2-8,10-11,14-15,19H2,1H3,(H,30,31)(H4,27,28,29)/t20-/m1/s1. The second kappa shape index (κ2) is 16.0. The van der Waals surface area contributed by atoms with Gasteiger partial charge in [0.05, 0.1) is 18.2 Å². The van der Waals surface area contributed by atoms with Crippen LogP contribution in [-0.2, 0) is 11.2 Å². The van der Waals surface area contributed by atoms with E-state index in [0.717, 1.165) is 31.3 Å². The van der Waals surface area contributed by atoms with Gasteiger partial charge in [0.25, 0.3) is 0 Å². The lowest BCUT2D eigenvalue weighted by atomic mass is 9.88. The summed E-state index contributed by atoms with van der Waals surface area (Å²) in [5.74, 6) is -0.498. The monoisotopic (exact) mass is 426 g/mol. The molecule has 0 aliphatic heterocycles. The molecule has 0 fully saturated rings. The molecule has 1 aromatic carbocycles. The molecule has 6 nitrogen and oxygen atoms in total. The Balaban J connectivity index is 2.67. The Labute approximate surface area is 187 Å². The lowest BCUT2D eigenvalue weighted by Gasteiger charge is -2.18. The van der Waals surface area contributed by atoms with Gasteiger partial charge in [-0.1, -0.05) is 64.0 Å². The van der Waals surface area contributed by atoms with Gasteiger partial charge in [-0.25, -0.2) is 9.79 Å². The molecule has 0 unspecified atom stereocenters. The number of aliphatic imine (C=N–C) groups is 1. The Kier molecular flexibility index (Phi) is 13.5. The SMILES string of the molecule is CCCCCCCC[C@H](CCCC(=CC(=O)O)CN=C(N)N)Cc1cccc(C#N)c1. The van der Waals surface area contributed by atoms with Gasteiger partial charge < -0.3 is 16.6 Å². The second-order valence-corrected chi connectivity index (χ2v) is 8.21. The summed E-state index contributed by atoms with van der Waals surface area (Å²) >= 11 is 0. The number of hydrogen-bond acceptors (Lipinski definition) is 3. The minimum absolute atomic E-state index is 0.0328. The fourth-order valence-corrected chi connectivity index (χ4v) is 3.85. The Morgan fingerprint density at radius 1 is 1.16 bits per heavy atom. The molecule has 31 heavy (non-hydrogen) atoms. The van der Waals surface area contributed by atoms with Crippen LogP contribution in [0.15, 0.2) is 40.9 Å². The average molecular weight is 427 g/mol. The van der Waals surface area contributed by atoms with E-state index in [1.54, 1.807) is 0 Å². The first-order valence-electron chi connectivity index (χ1n) is 11.4. The molecule has 5 N–H and O–H groups in total. The molecule has 170 valence electrons. The first-order chi connectivity index (χ1) is 14.9. The van der Waals surface area contributed by atoms with Gasteiger partial charge >= 0.3 is 5.97 Å². The number of hydrogen-bond donors (Lipinski definition) is 3. The highest BCUT2D eigenvalue weighted by Crippen LogP contribution is 2.24. The van der Waals surface area contributed by atoms with E-state index >= 15 is 0 Å². The van der Waals surface area contributed by atoms with Gasteiger partial charge in [-0.15, -0.1) is 0 Å². The molecule has 0 saturated heterocycles. The molecule has 0 spiro atoms. The van der Waals surface area contributed by atoms with E-state index in [9.17, 15) is 10.1 Å². The molecule has 0 bridgehead atoms. The Hall–Kier alpha value is -2.81. The fourth-order valence-electron chi connectivity index (χ4n) is 3.85. The number of rotatable bonds is 16. The normalized spacial score (nSPS) is 12.2. The fraction of sp³-hybridized carbons (Fsp3) is 0.560. The van der Waals surface area contributed by atoms with Crippen molar-refractivity contribution in [3.8, 4) is 6.07 Å². The number of carboxylic acid groups (broad SMARTS) is 1. The largest absolute Gasteiger partial charge is 0.478 e. The van der Waals surface area contributed by atoms with Crippen LogP contribution in [0.25, 0.3) is 0 Å². The molecule has 0 aliphatic rings. The number of nitrogens with two attached hydrogens (primary N) is 2. The van der Waals surface area contributed by atoms with E-state index in [1.807, 2.05) is 18.2 Å². The number of carbonyl (C=O) groups is 1. The summed E-state index contributed by atoms with van der Waals surface area (Å²) in [6, 6.07) is 10.1. The Morgan fingerprint density at radius 2 is 1.87 bits per heavy atom. The minimum Gasteiger partial charge on any atom is -0.478 e. The van der Waals surface area contributed by atoms with Crippen molar-refractivity contribution < 1.29 is 9.90 Å². The Morgan fingerprint density at radius 3 is 2.55 bits per heavy atom. The second-order valence-electron chi connectivity index (χ2n) is 8.21. The van der Waals surface area contributed by atoms with Crippen molar-refractivity contribution in [2.24, 2.45) is 22.4 Å². The van der Waals surface area contributed by atoms with Crippen molar-refractivity contribution in [1.82, 2.24) is 0 Å². The molecular formula is C25H38N4O2. The topological polar surface area (TPSA) is 125 Å². The molecule has 0 aromatic heterocycles. The van der Waals surface area contributed by atoms with Gasteiger partial charge in [0.15, 0.2) is 5.96 Å². The highest BCUT2D eigenvalue weighted by atomic mass is 16.4. The summed E-state index contributed by atoms with van der Waals surface area (Å²) in [5.41, 5.74) is 13.4. The number of carboxylic acids is 1. The quantitative estimate of drug-likeness (QED) is 0.150. The van der Waals surface area contributed by atoms with E-state index in [0.29, 0.717) is 17.9 Å². The summed E-state index contributed by atoms with van der Waals surface area (Å²) in [5, 5.41) is 18.3. The number of aliphatic carboxylic acids is 1. The van der Waals surface area contributed by atoms with Crippen LogP contribution >= 0.6 is 0 Å². The third-order valence-electron chi connectivity index (χ3n) is 5.45. The maximum Gasteiger partial charge on any atom is 0.328 e. The summed E-state index contributed by atoms with van der Waals surface area (Å²) in [4.78, 5) is 15.0. The van der Waals surface area contributed by atoms with E-state index in [4.69, 9.17) is 16.6 Å². The maximum absolute atomic E-state index is 11.1. The first-order valence-corrected chi connectivity index (χ1v) is 11.4. The number of nitrogens with zero attached hydrogens (tertiary/aromatic N) is 2. The number of guanidine groups is 1. The lowest BCUT2D eigenvalue weighted by molar-refractivity contribution is -0.131. The number of benzene rings is 1. The summed E-state index contributed by atoms with van der Waals surface area (Å²) < 4.78 is 0. The molecule has 0 saturated carbocycles. The van der Waals surface area contributed by atoms with Crippen LogP contribution in [0.2, 0.25) is 0 Å². The molecule has 0 amide bonds. The molecular weight excluding hydrogens is 388 g/mol. The van der Waals surface area contributed by atoms with Crippen molar-refractivity contribution in [3.63, 3.8) is 0 Å². The summed E-state index contributed by atoms with van der Waals surface area (Å²) in [6.45, 7) is 2.45. The van der Waals surface area contributed by atoms with Crippen LogP contribution in [0.3, 0.4) is 0 Å². The highest BCUT2D eigenvalue weighted by molar-refractivity contribution is 5.81. The zero-order valence-corrected chi connectivity index (χ0v) is 18.9. The molecule has 1 rings (SSSR count). The third-order valence-corrected chi connectivity index (χ3v) is 5.45. The van der Waals surface area contributed by atoms with Crippen molar-refractivity contribution >= 4 is 11.9 Å². The number of nitriles is 1. The zero-order valence-electron chi connectivity index (χ0n) is 18.9. The molecule has 1 aromatic rings. The smallest absolute Gasteiger partial charge is 0.328 e. The van der Waals surface area contributed by atoms with E-state index in [-0.39, 0.29) is 12.5 Å². The van der Waals surface area contributed by atoms with Crippen LogP contribution in [0.5, 0.6) is 0 Å². The third kappa shape index (κ3) is 13.2. The van der Waals surface area contributed by atoms with E-state index < -0.39 is 5.97 Å². The van der Waals surface area contributed by atoms with Crippen LogP contribution in [0.1, 0.15) is 82.3 Å². The van der Waals surface area contributed by atoms with Gasteiger partial charge in [-0.3, -0.25) is 0 Å². The average Bonchev–Trinajstić information content (AvgIpc) is 2.73. The Bertz CT molecular complexity index is 761. The predicted octanol–water partition coefficient (Wildman–Crippen LogP) is 4.92. The van der Waals surface area contributed by atoms with Crippen LogP contribution in [0.4, 0.5) is 0 Å². The molecule has 1 atom stereocenters. The van der Waals surface area contributed by atoms with Crippen LogP contribution in [0, 0.1) is 17.2 Å². The lowest BCUT2D eigenvalue weighted by Crippen LogP contribution is -2.23. The summed E-state index contributed by atoms with van der Waals surface area (Å²) in [6.07, 6.45) is 13.5. The van der Waals surface area contributed by atoms with Gasteiger partial charge in [0.1, 0.15) is 0 Å². The van der Waals surface area contributed by atoms with Crippen LogP contribution < -0.4 is 11.5 Å². The van der Waals surface area contributed by atoms with Crippen molar-refractivity contribution in [1.29, 1.82) is 5.26 Å². The van der Waals surface area contributed by atoms with E-state index in [2.05, 4.69) is 24.1 Å². The molecule has 6 heteroatoms. The highest BCUT2D eigenvalue weighted by Gasteiger charge is 2.12. The van der Waals surface area contributed by atoms with Gasteiger partial charge in [0, 0.05) is 6.08 Å². The predicted molar refractivity (Wildman–Crippen MR) is 127 cm³/mol. The minimum atomic E-state index is -0.974. The van der Waals surface area contributed by atoms with E-state index in [1.165, 1.54) is 50.2 Å². The van der Waals surface area contributed by atoms with Crippen molar-refractivity contribution in [2.75, 3.05) is 6.54 Å². The van der Waals surface area contributed by atoms with Crippen molar-refractivity contribution in [3.05, 3.63) is 47.0 Å². The molecule has 0 heterocycles. The van der Waals surface area contributed by atoms with Gasteiger partial charge in [-0.2, -0.15) is 5.26 Å². The van der Waals surface area contributed by atoms with Gasteiger partial charge in [-0.05, 0) is 54.9 Å². The van der Waals surface area contributed by atoms with Crippen LogP contribution in [-0.4, -0.2) is 23.6 Å². The number of unbranched alkanes of at least 4 members (excludes halogenated alkanes) is 5. The molecule has 0 radical (unpaired) electrons. The molecule has 0 aliphatic carbocycles. The van der Waals surface area contributed by atoms with Gasteiger partial charge in [0.2, 0.25) is 0 Å². The summed E-state index contributed by atoms with van der Waals surface area (Å²) in [7, 11) is 0. The maximum atomic E-state index is 11.1.